The van der Waals surface area contributed by atoms with Gasteiger partial charge in [0.05, 0.1) is 0 Å². The van der Waals surface area contributed by atoms with Crippen LogP contribution in [0.5, 0.6) is 0 Å². The smallest absolute Gasteiger partial charge is 0.255 e. The highest BCUT2D eigenvalue weighted by atomic mass is 16.2. The second-order valence-corrected chi connectivity index (χ2v) is 8.16. The van der Waals surface area contributed by atoms with Crippen molar-refractivity contribution >= 4 is 17.7 Å². The van der Waals surface area contributed by atoms with Crippen molar-refractivity contribution in [2.24, 2.45) is 0 Å². The molecule has 28 heavy (non-hydrogen) atoms. The van der Waals surface area contributed by atoms with Gasteiger partial charge in [-0.05, 0) is 50.0 Å². The van der Waals surface area contributed by atoms with E-state index in [0.717, 1.165) is 25.2 Å². The van der Waals surface area contributed by atoms with Gasteiger partial charge in [0.2, 0.25) is 11.8 Å². The first-order chi connectivity index (χ1) is 13.5. The number of likely N-dealkylation sites (N-methyl/N-ethyl adjacent to an activating group) is 1. The van der Waals surface area contributed by atoms with Crippen LogP contribution in [-0.4, -0.2) is 59.7 Å². The molecule has 3 aliphatic heterocycles. The summed E-state index contributed by atoms with van der Waals surface area (Å²) >= 11 is 0. The Balaban J connectivity index is 1.45. The molecule has 4 rings (SSSR count). The quantitative estimate of drug-likeness (QED) is 0.758. The number of carbonyl (C=O) groups excluding carboxylic acids is 3. The first-order valence-electron chi connectivity index (χ1n) is 10.2. The van der Waals surface area contributed by atoms with Crippen LogP contribution in [0.25, 0.3) is 0 Å². The number of amides is 3. The molecule has 0 aliphatic carbocycles. The molecule has 2 unspecified atom stereocenters. The molecular formula is C21H28N4O3. The number of imide groups is 1. The molecule has 0 spiro atoms. The van der Waals surface area contributed by atoms with Gasteiger partial charge in [0.15, 0.2) is 0 Å². The highest BCUT2D eigenvalue weighted by Crippen LogP contribution is 2.28. The summed E-state index contributed by atoms with van der Waals surface area (Å²) < 4.78 is 0. The highest BCUT2D eigenvalue weighted by Gasteiger charge is 2.39. The van der Waals surface area contributed by atoms with Crippen molar-refractivity contribution in [3.05, 3.63) is 34.9 Å². The Morgan fingerprint density at radius 1 is 1.18 bits per heavy atom. The van der Waals surface area contributed by atoms with Gasteiger partial charge >= 0.3 is 0 Å². The Hall–Kier alpha value is -2.25. The number of hydrogen-bond acceptors (Lipinski definition) is 5. The molecule has 3 heterocycles. The number of hydrogen-bond donors (Lipinski definition) is 2. The van der Waals surface area contributed by atoms with Gasteiger partial charge in [0.1, 0.15) is 6.04 Å². The lowest BCUT2D eigenvalue weighted by Gasteiger charge is -2.29. The van der Waals surface area contributed by atoms with Gasteiger partial charge in [-0.15, -0.1) is 0 Å². The molecule has 2 fully saturated rings. The van der Waals surface area contributed by atoms with Gasteiger partial charge in [-0.2, -0.15) is 0 Å². The Labute approximate surface area is 165 Å². The number of rotatable bonds is 4. The van der Waals surface area contributed by atoms with Crippen molar-refractivity contribution in [2.45, 2.75) is 57.3 Å². The Morgan fingerprint density at radius 2 is 2.04 bits per heavy atom. The zero-order chi connectivity index (χ0) is 19.7. The highest BCUT2D eigenvalue weighted by molar-refractivity contribution is 6.05. The van der Waals surface area contributed by atoms with Crippen molar-refractivity contribution in [3.63, 3.8) is 0 Å². The third-order valence-corrected chi connectivity index (χ3v) is 6.16. The van der Waals surface area contributed by atoms with Crippen LogP contribution in [-0.2, 0) is 22.7 Å². The van der Waals surface area contributed by atoms with Crippen LogP contribution in [0.2, 0.25) is 0 Å². The van der Waals surface area contributed by atoms with E-state index in [-0.39, 0.29) is 24.1 Å². The molecule has 7 heteroatoms. The minimum absolute atomic E-state index is 0.114. The molecule has 2 atom stereocenters. The maximum absolute atomic E-state index is 12.8. The lowest BCUT2D eigenvalue weighted by molar-refractivity contribution is -0.136. The number of carbonyl (C=O) groups is 3. The van der Waals surface area contributed by atoms with Gasteiger partial charge < -0.3 is 10.2 Å². The molecule has 3 amide bonds. The molecule has 2 saturated heterocycles. The van der Waals surface area contributed by atoms with Crippen LogP contribution in [0.4, 0.5) is 0 Å². The SMILES string of the molecule is CN(Cc1ccc2c(c1)CN(C1CCC(=O)NC1=O)C2=O)C1CCCCNC1. The van der Waals surface area contributed by atoms with Crippen molar-refractivity contribution in [2.75, 3.05) is 20.1 Å². The maximum Gasteiger partial charge on any atom is 0.255 e. The molecule has 0 aromatic heterocycles. The third kappa shape index (κ3) is 3.82. The van der Waals surface area contributed by atoms with E-state index in [1.54, 1.807) is 4.90 Å². The van der Waals surface area contributed by atoms with Gasteiger partial charge in [0, 0.05) is 37.7 Å². The summed E-state index contributed by atoms with van der Waals surface area (Å²) in [6.45, 7) is 3.39. The van der Waals surface area contributed by atoms with E-state index >= 15 is 0 Å². The van der Waals surface area contributed by atoms with Crippen LogP contribution >= 0.6 is 0 Å². The van der Waals surface area contributed by atoms with Crippen LogP contribution in [0.1, 0.15) is 53.6 Å². The lowest BCUT2D eigenvalue weighted by Crippen LogP contribution is -2.52. The summed E-state index contributed by atoms with van der Waals surface area (Å²) in [6, 6.07) is 5.97. The van der Waals surface area contributed by atoms with E-state index in [4.69, 9.17) is 0 Å². The van der Waals surface area contributed by atoms with Gasteiger partial charge in [0.25, 0.3) is 5.91 Å². The Morgan fingerprint density at radius 3 is 2.86 bits per heavy atom. The number of nitrogens with one attached hydrogen (secondary N) is 2. The topological polar surface area (TPSA) is 81.8 Å². The first kappa shape index (κ1) is 19.1. The second-order valence-electron chi connectivity index (χ2n) is 8.16. The maximum atomic E-state index is 12.8. The summed E-state index contributed by atoms with van der Waals surface area (Å²) in [7, 11) is 2.16. The molecule has 2 N–H and O–H groups in total. The summed E-state index contributed by atoms with van der Waals surface area (Å²) in [5, 5.41) is 5.85. The summed E-state index contributed by atoms with van der Waals surface area (Å²) in [6.07, 6.45) is 4.37. The third-order valence-electron chi connectivity index (χ3n) is 6.16. The van der Waals surface area contributed by atoms with E-state index < -0.39 is 6.04 Å². The average Bonchev–Trinajstić information content (AvgIpc) is 2.85. The largest absolute Gasteiger partial charge is 0.322 e. The zero-order valence-electron chi connectivity index (χ0n) is 16.4. The molecule has 0 radical (unpaired) electrons. The fourth-order valence-corrected chi connectivity index (χ4v) is 4.52. The summed E-state index contributed by atoms with van der Waals surface area (Å²) in [5.41, 5.74) is 2.83. The second kappa shape index (κ2) is 8.01. The normalized spacial score (nSPS) is 25.6. The number of fused-ring (bicyclic) bond motifs is 1. The number of nitrogens with zero attached hydrogens (tertiary/aromatic N) is 2. The number of piperidine rings is 1. The predicted molar refractivity (Wildman–Crippen MR) is 104 cm³/mol. The van der Waals surface area contributed by atoms with E-state index in [1.165, 1.54) is 24.8 Å². The predicted octanol–water partition coefficient (Wildman–Crippen LogP) is 1.02. The monoisotopic (exact) mass is 384 g/mol. The summed E-state index contributed by atoms with van der Waals surface area (Å²) in [4.78, 5) is 40.3. The molecule has 3 aliphatic rings. The van der Waals surface area contributed by atoms with Crippen LogP contribution in [0, 0.1) is 0 Å². The molecular weight excluding hydrogens is 356 g/mol. The standard InChI is InChI=1S/C21H28N4O3/c1-24(16-4-2-3-9-22-11-16)12-14-5-6-17-15(10-14)13-25(21(17)28)18-7-8-19(26)23-20(18)27/h5-6,10,16,18,22H,2-4,7-9,11-13H2,1H3,(H,23,26,27). The van der Waals surface area contributed by atoms with Crippen molar-refractivity contribution in [1.82, 2.24) is 20.4 Å². The first-order valence-corrected chi connectivity index (χ1v) is 10.2. The minimum Gasteiger partial charge on any atom is -0.322 e. The van der Waals surface area contributed by atoms with Crippen molar-refractivity contribution in [1.29, 1.82) is 0 Å². The Bertz CT molecular complexity index is 786. The molecule has 0 saturated carbocycles. The minimum atomic E-state index is -0.555. The van der Waals surface area contributed by atoms with Gasteiger partial charge in [-0.1, -0.05) is 18.6 Å². The van der Waals surface area contributed by atoms with Crippen LogP contribution in [0.15, 0.2) is 18.2 Å². The van der Waals surface area contributed by atoms with Crippen LogP contribution < -0.4 is 10.6 Å². The average molecular weight is 384 g/mol. The van der Waals surface area contributed by atoms with Crippen molar-refractivity contribution in [3.8, 4) is 0 Å². The molecule has 150 valence electrons. The van der Waals surface area contributed by atoms with Gasteiger partial charge in [-0.3, -0.25) is 24.6 Å². The number of benzene rings is 1. The van der Waals surface area contributed by atoms with Crippen LogP contribution in [0.3, 0.4) is 0 Å². The Kier molecular flexibility index (Phi) is 5.46. The fourth-order valence-electron chi connectivity index (χ4n) is 4.52. The zero-order valence-corrected chi connectivity index (χ0v) is 16.4. The fraction of sp³-hybridized carbons (Fsp3) is 0.571. The van der Waals surface area contributed by atoms with E-state index in [9.17, 15) is 14.4 Å². The molecule has 1 aromatic rings. The van der Waals surface area contributed by atoms with E-state index in [1.807, 2.05) is 12.1 Å². The van der Waals surface area contributed by atoms with Gasteiger partial charge in [-0.25, -0.2) is 0 Å². The molecule has 0 bridgehead atoms. The lowest BCUT2D eigenvalue weighted by atomic mass is 10.0. The van der Waals surface area contributed by atoms with E-state index in [2.05, 4.69) is 28.6 Å². The summed E-state index contributed by atoms with van der Waals surface area (Å²) in [5.74, 6) is -0.737. The van der Waals surface area contributed by atoms with Crippen molar-refractivity contribution < 1.29 is 14.4 Å². The van der Waals surface area contributed by atoms with E-state index in [0.29, 0.717) is 24.6 Å². The molecule has 1 aromatic carbocycles. The molecule has 7 nitrogen and oxygen atoms in total.